The van der Waals surface area contributed by atoms with Crippen LogP contribution in [0.2, 0.25) is 0 Å². The number of carbonyl (C=O) groups is 1. The minimum Gasteiger partial charge on any atom is -0.328 e. The van der Waals surface area contributed by atoms with E-state index in [-0.39, 0.29) is 6.03 Å². The van der Waals surface area contributed by atoms with Gasteiger partial charge >= 0.3 is 6.03 Å². The Labute approximate surface area is 57.4 Å². The second-order valence-electron chi connectivity index (χ2n) is 1.90. The predicted molar refractivity (Wildman–Crippen MR) is 32.3 cm³/mol. The molecule has 0 aliphatic carbocycles. The van der Waals surface area contributed by atoms with Crippen LogP contribution in [-0.2, 0) is 0 Å². The van der Waals surface area contributed by atoms with E-state index in [9.17, 15) is 4.79 Å². The van der Waals surface area contributed by atoms with E-state index in [4.69, 9.17) is 0 Å². The zero-order chi connectivity index (χ0) is 7.56. The molecule has 0 unspecified atom stereocenters. The van der Waals surface area contributed by atoms with Crippen molar-refractivity contribution in [1.29, 1.82) is 0 Å². The third-order valence-electron chi connectivity index (χ3n) is 0.903. The van der Waals surface area contributed by atoms with E-state index in [0.29, 0.717) is 0 Å². The molecule has 1 rings (SSSR count). The van der Waals surface area contributed by atoms with Gasteiger partial charge in [0.15, 0.2) is 6.33 Å². The summed E-state index contributed by atoms with van der Waals surface area (Å²) in [5.41, 5.74) is 0. The number of rotatable bonds is 0. The van der Waals surface area contributed by atoms with E-state index >= 15 is 0 Å². The number of aromatic nitrogens is 4. The Morgan fingerprint density at radius 3 is 2.70 bits per heavy atom. The van der Waals surface area contributed by atoms with Crippen molar-refractivity contribution in [2.45, 2.75) is 0 Å². The van der Waals surface area contributed by atoms with Crippen LogP contribution in [0.25, 0.3) is 0 Å². The maximum atomic E-state index is 10.9. The van der Waals surface area contributed by atoms with Crippen LogP contribution in [-0.4, -0.2) is 45.2 Å². The molecule has 0 saturated carbocycles. The molecule has 0 bridgehead atoms. The smallest absolute Gasteiger partial charge is 0.328 e. The molecule has 0 aromatic carbocycles. The van der Waals surface area contributed by atoms with Crippen LogP contribution in [0.3, 0.4) is 0 Å². The minimum atomic E-state index is -0.308. The van der Waals surface area contributed by atoms with Crippen molar-refractivity contribution in [3.63, 3.8) is 0 Å². The van der Waals surface area contributed by atoms with Crippen LogP contribution in [0, 0.1) is 0 Å². The van der Waals surface area contributed by atoms with Crippen molar-refractivity contribution in [1.82, 2.24) is 25.1 Å². The fourth-order valence-corrected chi connectivity index (χ4v) is 0.434. The minimum absolute atomic E-state index is 0.308. The molecule has 1 aromatic rings. The number of nitrogens with zero attached hydrogens (tertiary/aromatic N) is 5. The highest BCUT2D eigenvalue weighted by atomic mass is 16.2. The van der Waals surface area contributed by atoms with Crippen LogP contribution >= 0.6 is 0 Å². The van der Waals surface area contributed by atoms with Gasteiger partial charge < -0.3 is 4.90 Å². The molecular formula is C4H7N5O. The summed E-state index contributed by atoms with van der Waals surface area (Å²) in [6.07, 6.45) is 1.21. The summed E-state index contributed by atoms with van der Waals surface area (Å²) in [4.78, 5) is 13.2. The zero-order valence-corrected chi connectivity index (χ0v) is 5.72. The zero-order valence-electron chi connectivity index (χ0n) is 5.72. The van der Waals surface area contributed by atoms with Crippen molar-refractivity contribution in [2.75, 3.05) is 14.1 Å². The Morgan fingerprint density at radius 2 is 2.30 bits per heavy atom. The van der Waals surface area contributed by atoms with Gasteiger partial charge in [-0.1, -0.05) is 4.80 Å². The van der Waals surface area contributed by atoms with Crippen molar-refractivity contribution in [3.05, 3.63) is 6.33 Å². The highest BCUT2D eigenvalue weighted by molar-refractivity contribution is 5.73. The first-order chi connectivity index (χ1) is 4.72. The average Bonchev–Trinajstić information content (AvgIpc) is 2.36. The van der Waals surface area contributed by atoms with Crippen molar-refractivity contribution < 1.29 is 4.79 Å². The second-order valence-corrected chi connectivity index (χ2v) is 1.90. The lowest BCUT2D eigenvalue weighted by atomic mass is 10.8. The third kappa shape index (κ3) is 1.09. The van der Waals surface area contributed by atoms with Gasteiger partial charge in [-0.3, -0.25) is 0 Å². The third-order valence-corrected chi connectivity index (χ3v) is 0.903. The molecule has 0 aliphatic heterocycles. The van der Waals surface area contributed by atoms with Gasteiger partial charge in [-0.15, -0.1) is 10.2 Å². The molecule has 54 valence electrons. The summed E-state index contributed by atoms with van der Waals surface area (Å²) in [6, 6.07) is -0.308. The SMILES string of the molecule is CN(C)C(=O)n1ncnn1. The summed E-state index contributed by atoms with van der Waals surface area (Å²) < 4.78 is 0. The van der Waals surface area contributed by atoms with E-state index in [1.54, 1.807) is 14.1 Å². The maximum absolute atomic E-state index is 10.9. The van der Waals surface area contributed by atoms with Crippen LogP contribution in [0.15, 0.2) is 6.33 Å². The molecule has 1 heterocycles. The lowest BCUT2D eigenvalue weighted by Crippen LogP contribution is -2.29. The molecule has 6 nitrogen and oxygen atoms in total. The lowest BCUT2D eigenvalue weighted by Gasteiger charge is -2.05. The first-order valence-electron chi connectivity index (χ1n) is 2.66. The summed E-state index contributed by atoms with van der Waals surface area (Å²) in [5.74, 6) is 0. The monoisotopic (exact) mass is 141 g/mol. The van der Waals surface area contributed by atoms with E-state index in [2.05, 4.69) is 15.4 Å². The standard InChI is InChI=1S/C4H7N5O/c1-8(2)4(10)9-6-3-5-7-9/h3H,1-2H3. The normalized spacial score (nSPS) is 9.40. The number of hydrogen-bond donors (Lipinski definition) is 0. The molecule has 0 saturated heterocycles. The van der Waals surface area contributed by atoms with Gasteiger partial charge in [0.05, 0.1) is 0 Å². The second kappa shape index (κ2) is 2.42. The van der Waals surface area contributed by atoms with Crippen LogP contribution in [0.5, 0.6) is 0 Å². The topological polar surface area (TPSA) is 63.9 Å². The first kappa shape index (κ1) is 6.66. The Hall–Kier alpha value is -1.46. The van der Waals surface area contributed by atoms with E-state index < -0.39 is 0 Å². The molecule has 10 heavy (non-hydrogen) atoms. The Balaban J connectivity index is 2.78. The van der Waals surface area contributed by atoms with Crippen molar-refractivity contribution in [3.8, 4) is 0 Å². The number of tetrazole rings is 1. The summed E-state index contributed by atoms with van der Waals surface area (Å²) in [5, 5.41) is 10.3. The van der Waals surface area contributed by atoms with Gasteiger partial charge in [-0.05, 0) is 5.21 Å². The molecule has 1 amide bonds. The summed E-state index contributed by atoms with van der Waals surface area (Å²) >= 11 is 0. The van der Waals surface area contributed by atoms with Crippen LogP contribution in [0.1, 0.15) is 0 Å². The molecule has 1 aromatic heterocycles. The fraction of sp³-hybridized carbons (Fsp3) is 0.500. The van der Waals surface area contributed by atoms with Crippen molar-refractivity contribution in [2.24, 2.45) is 0 Å². The molecule has 0 spiro atoms. The Morgan fingerprint density at radius 1 is 1.60 bits per heavy atom. The Bertz CT molecular complexity index is 216. The van der Waals surface area contributed by atoms with Crippen LogP contribution < -0.4 is 0 Å². The average molecular weight is 141 g/mol. The number of amides is 1. The van der Waals surface area contributed by atoms with Crippen molar-refractivity contribution >= 4 is 6.03 Å². The van der Waals surface area contributed by atoms with Gasteiger partial charge in [0, 0.05) is 14.1 Å². The van der Waals surface area contributed by atoms with E-state index in [1.807, 2.05) is 0 Å². The van der Waals surface area contributed by atoms with Gasteiger partial charge in [0.1, 0.15) is 0 Å². The van der Waals surface area contributed by atoms with Gasteiger partial charge in [-0.2, -0.15) is 0 Å². The fourth-order valence-electron chi connectivity index (χ4n) is 0.434. The highest BCUT2D eigenvalue weighted by Gasteiger charge is 2.06. The molecular weight excluding hydrogens is 134 g/mol. The summed E-state index contributed by atoms with van der Waals surface area (Å²) in [6.45, 7) is 0. The van der Waals surface area contributed by atoms with E-state index in [1.165, 1.54) is 11.2 Å². The number of hydrogen-bond acceptors (Lipinski definition) is 4. The van der Waals surface area contributed by atoms with Gasteiger partial charge in [0.25, 0.3) is 0 Å². The maximum Gasteiger partial charge on any atom is 0.362 e. The van der Waals surface area contributed by atoms with Gasteiger partial charge in [0.2, 0.25) is 0 Å². The van der Waals surface area contributed by atoms with Gasteiger partial charge in [-0.25, -0.2) is 4.79 Å². The molecule has 0 radical (unpaired) electrons. The quantitative estimate of drug-likeness (QED) is 0.474. The largest absolute Gasteiger partial charge is 0.362 e. The molecule has 6 heteroatoms. The lowest BCUT2D eigenvalue weighted by molar-refractivity contribution is 0.211. The first-order valence-corrected chi connectivity index (χ1v) is 2.66. The number of carbonyl (C=O) groups excluding carboxylic acids is 1. The molecule has 0 aliphatic rings. The molecule has 0 atom stereocenters. The molecule has 0 N–H and O–H groups in total. The molecule has 0 fully saturated rings. The van der Waals surface area contributed by atoms with E-state index in [0.717, 1.165) is 4.80 Å². The summed E-state index contributed by atoms with van der Waals surface area (Å²) in [7, 11) is 3.23. The van der Waals surface area contributed by atoms with Crippen LogP contribution in [0.4, 0.5) is 4.79 Å². The Kier molecular flexibility index (Phi) is 1.61. The predicted octanol–water partition coefficient (Wildman–Crippen LogP) is -0.797. The highest BCUT2D eigenvalue weighted by Crippen LogP contribution is 1.81.